The van der Waals surface area contributed by atoms with Crippen molar-refractivity contribution in [2.75, 3.05) is 14.1 Å². The summed E-state index contributed by atoms with van der Waals surface area (Å²) in [5.41, 5.74) is 0.621. The fourth-order valence-electron chi connectivity index (χ4n) is 2.38. The van der Waals surface area contributed by atoms with Gasteiger partial charge in [-0.05, 0) is 18.1 Å². The highest BCUT2D eigenvalue weighted by Gasteiger charge is 2.38. The summed E-state index contributed by atoms with van der Waals surface area (Å²) in [5, 5.41) is 0. The Morgan fingerprint density at radius 3 is 2.05 bits per heavy atom. The van der Waals surface area contributed by atoms with Crippen molar-refractivity contribution >= 4 is 23.7 Å². The monoisotopic (exact) mass is 325 g/mol. The van der Waals surface area contributed by atoms with Crippen LogP contribution in [0, 0.1) is 0 Å². The van der Waals surface area contributed by atoms with Crippen molar-refractivity contribution in [2.45, 2.75) is 18.1 Å². The van der Waals surface area contributed by atoms with Crippen LogP contribution in [0.3, 0.4) is 0 Å². The molecule has 0 atom stereocenters. The topological polar surface area (TPSA) is 55.2 Å². The zero-order chi connectivity index (χ0) is 16.1. The Labute approximate surface area is 128 Å². The first-order chi connectivity index (χ1) is 9.85. The minimum Gasteiger partial charge on any atom is -0.246 e. The van der Waals surface area contributed by atoms with Gasteiger partial charge >= 0.3 is 10.2 Å². The van der Waals surface area contributed by atoms with Gasteiger partial charge in [-0.2, -0.15) is 12.7 Å². The molecule has 0 aliphatic rings. The molecule has 1 rings (SSSR count). The summed E-state index contributed by atoms with van der Waals surface area (Å²) in [6.07, 6.45) is 8.54. The molecule has 0 aromatic carbocycles. The van der Waals surface area contributed by atoms with Crippen LogP contribution >= 0.6 is 0 Å². The summed E-state index contributed by atoms with van der Waals surface area (Å²) in [7, 11) is -2.79. The van der Waals surface area contributed by atoms with Gasteiger partial charge in [0, 0.05) is 26.5 Å². The summed E-state index contributed by atoms with van der Waals surface area (Å²) in [5.74, 6) is 0. The molecule has 116 valence electrons. The van der Waals surface area contributed by atoms with Crippen molar-refractivity contribution in [1.29, 1.82) is 0 Å². The van der Waals surface area contributed by atoms with Gasteiger partial charge < -0.3 is 0 Å². The van der Waals surface area contributed by atoms with E-state index in [9.17, 15) is 8.42 Å². The fraction of sp³-hybridized carbons (Fsp3) is 0.357. The maximum absolute atomic E-state index is 12.5. The van der Waals surface area contributed by atoms with Crippen molar-refractivity contribution in [3.05, 3.63) is 50.4 Å². The van der Waals surface area contributed by atoms with Gasteiger partial charge in [-0.15, -0.1) is 19.7 Å². The third-order valence-corrected chi connectivity index (χ3v) is 9.80. The molecule has 0 fully saturated rings. The SMILES string of the molecule is C=CC[Si](CC=C)(CC=C)c1nccn1S(=O)(=O)N(C)C. The number of hydrogen-bond donors (Lipinski definition) is 0. The van der Waals surface area contributed by atoms with Crippen LogP contribution in [0.4, 0.5) is 0 Å². The molecule has 0 saturated carbocycles. The number of rotatable bonds is 9. The summed E-state index contributed by atoms with van der Waals surface area (Å²) in [6, 6.07) is 2.18. The minimum absolute atomic E-state index is 0.621. The first-order valence-corrected chi connectivity index (χ1v) is 10.7. The van der Waals surface area contributed by atoms with Crippen LogP contribution in [0.5, 0.6) is 0 Å². The van der Waals surface area contributed by atoms with Crippen LogP contribution in [0.25, 0.3) is 0 Å². The molecule has 7 heteroatoms. The summed E-state index contributed by atoms with van der Waals surface area (Å²) in [4.78, 5) is 4.37. The summed E-state index contributed by atoms with van der Waals surface area (Å²) < 4.78 is 27.4. The molecule has 1 heterocycles. The Bertz CT molecular complexity index is 593. The van der Waals surface area contributed by atoms with E-state index in [0.717, 1.165) is 18.1 Å². The molecule has 0 unspecified atom stereocenters. The lowest BCUT2D eigenvalue weighted by Gasteiger charge is -2.29. The highest BCUT2D eigenvalue weighted by Crippen LogP contribution is 2.23. The van der Waals surface area contributed by atoms with Gasteiger partial charge in [-0.3, -0.25) is 0 Å². The Kier molecular flexibility index (Phi) is 5.88. The smallest absolute Gasteiger partial charge is 0.246 e. The van der Waals surface area contributed by atoms with Crippen LogP contribution in [0.1, 0.15) is 0 Å². The lowest BCUT2D eigenvalue weighted by atomic mass is 10.7. The quantitative estimate of drug-likeness (QED) is 0.513. The first-order valence-electron chi connectivity index (χ1n) is 6.65. The highest BCUT2D eigenvalue weighted by atomic mass is 32.2. The molecule has 0 radical (unpaired) electrons. The van der Waals surface area contributed by atoms with E-state index >= 15 is 0 Å². The number of allylic oxidation sites excluding steroid dienone is 3. The van der Waals surface area contributed by atoms with Crippen molar-refractivity contribution in [1.82, 2.24) is 13.3 Å². The highest BCUT2D eigenvalue weighted by molar-refractivity contribution is 7.87. The first kappa shape index (κ1) is 17.6. The Balaban J connectivity index is 3.53. The zero-order valence-corrected chi connectivity index (χ0v) is 14.5. The second-order valence-electron chi connectivity index (χ2n) is 5.10. The molecule has 0 aliphatic carbocycles. The van der Waals surface area contributed by atoms with E-state index in [0.29, 0.717) is 5.45 Å². The Morgan fingerprint density at radius 2 is 1.67 bits per heavy atom. The van der Waals surface area contributed by atoms with Crippen molar-refractivity contribution in [3.8, 4) is 0 Å². The summed E-state index contributed by atoms with van der Waals surface area (Å²) >= 11 is 0. The predicted molar refractivity (Wildman–Crippen MR) is 90.6 cm³/mol. The van der Waals surface area contributed by atoms with Crippen LogP contribution in [-0.4, -0.2) is 43.8 Å². The van der Waals surface area contributed by atoms with E-state index < -0.39 is 18.3 Å². The van der Waals surface area contributed by atoms with Gasteiger partial charge in [0.1, 0.15) is 13.5 Å². The Morgan fingerprint density at radius 1 is 1.19 bits per heavy atom. The molecule has 1 aromatic heterocycles. The van der Waals surface area contributed by atoms with Crippen LogP contribution in [0.15, 0.2) is 50.4 Å². The van der Waals surface area contributed by atoms with Gasteiger partial charge in [-0.1, -0.05) is 18.2 Å². The molecule has 21 heavy (non-hydrogen) atoms. The van der Waals surface area contributed by atoms with E-state index in [1.807, 2.05) is 18.2 Å². The second kappa shape index (κ2) is 7.01. The normalized spacial score (nSPS) is 12.3. The number of aromatic nitrogens is 2. The molecule has 0 bridgehead atoms. The van der Waals surface area contributed by atoms with Gasteiger partial charge in [0.15, 0.2) is 0 Å². The third-order valence-electron chi connectivity index (χ3n) is 3.40. The minimum atomic E-state index is -3.58. The molecular weight excluding hydrogens is 302 g/mol. The Hall–Kier alpha value is -1.44. The number of imidazole rings is 1. The van der Waals surface area contributed by atoms with Gasteiger partial charge in [0.25, 0.3) is 0 Å². The van der Waals surface area contributed by atoms with Crippen LogP contribution in [0.2, 0.25) is 18.1 Å². The average molecular weight is 326 g/mol. The second-order valence-corrected chi connectivity index (χ2v) is 11.3. The standard InChI is InChI=1S/C14H23N3O2SSi/c1-6-11-21(12-7-2,13-8-3)14-15-9-10-17(14)20(18,19)16(4)5/h6-10H,1-3,11-13H2,4-5H3. The van der Waals surface area contributed by atoms with E-state index in [1.54, 1.807) is 0 Å². The molecule has 0 spiro atoms. The predicted octanol–water partition coefficient (Wildman–Crippen LogP) is 1.75. The lowest BCUT2D eigenvalue weighted by molar-refractivity contribution is 0.512. The summed E-state index contributed by atoms with van der Waals surface area (Å²) in [6.45, 7) is 11.4. The van der Waals surface area contributed by atoms with E-state index in [-0.39, 0.29) is 0 Å². The van der Waals surface area contributed by atoms with Gasteiger partial charge in [0.05, 0.1) is 0 Å². The number of hydrogen-bond acceptors (Lipinski definition) is 3. The molecule has 1 aromatic rings. The van der Waals surface area contributed by atoms with E-state index in [4.69, 9.17) is 0 Å². The van der Waals surface area contributed by atoms with Crippen LogP contribution in [-0.2, 0) is 10.2 Å². The lowest BCUT2D eigenvalue weighted by Crippen LogP contribution is -2.53. The molecule has 5 nitrogen and oxygen atoms in total. The van der Waals surface area contributed by atoms with E-state index in [1.165, 1.54) is 34.8 Å². The molecule has 0 saturated heterocycles. The largest absolute Gasteiger partial charge is 0.308 e. The zero-order valence-electron chi connectivity index (χ0n) is 12.7. The van der Waals surface area contributed by atoms with Crippen LogP contribution < -0.4 is 5.45 Å². The molecule has 0 amide bonds. The average Bonchev–Trinajstić information content (AvgIpc) is 2.89. The van der Waals surface area contributed by atoms with Gasteiger partial charge in [0.2, 0.25) is 0 Å². The maximum atomic E-state index is 12.5. The van der Waals surface area contributed by atoms with Crippen molar-refractivity contribution in [2.24, 2.45) is 0 Å². The molecular formula is C14H23N3O2SSi. The maximum Gasteiger partial charge on any atom is 0.308 e. The molecule has 0 N–H and O–H groups in total. The number of nitrogens with zero attached hydrogens (tertiary/aromatic N) is 3. The molecule has 0 aliphatic heterocycles. The van der Waals surface area contributed by atoms with Gasteiger partial charge in [-0.25, -0.2) is 8.96 Å². The third kappa shape index (κ3) is 3.42. The van der Waals surface area contributed by atoms with Crippen molar-refractivity contribution < 1.29 is 8.42 Å². The van der Waals surface area contributed by atoms with E-state index in [2.05, 4.69) is 24.7 Å². The van der Waals surface area contributed by atoms with Crippen molar-refractivity contribution in [3.63, 3.8) is 0 Å². The fourth-order valence-corrected chi connectivity index (χ4v) is 7.73.